The highest BCUT2D eigenvalue weighted by Crippen LogP contribution is 2.27. The first-order valence-electron chi connectivity index (χ1n) is 14.0. The molecule has 0 spiro atoms. The number of hydrogen-bond donors (Lipinski definition) is 1. The second-order valence-electron chi connectivity index (χ2n) is 10.2. The van der Waals surface area contributed by atoms with Crippen LogP contribution in [0.15, 0.2) is 114 Å². The van der Waals surface area contributed by atoms with E-state index in [9.17, 15) is 18.0 Å². The van der Waals surface area contributed by atoms with Crippen molar-refractivity contribution in [3.05, 3.63) is 131 Å². The van der Waals surface area contributed by atoms with E-state index in [1.54, 1.807) is 30.3 Å². The van der Waals surface area contributed by atoms with Crippen LogP contribution in [0.1, 0.15) is 29.2 Å². The topological polar surface area (TPSA) is 86.8 Å². The summed E-state index contributed by atoms with van der Waals surface area (Å²) in [5.74, 6) is -0.780. The van der Waals surface area contributed by atoms with E-state index in [1.807, 2.05) is 87.5 Å². The van der Waals surface area contributed by atoms with Crippen LogP contribution in [0.3, 0.4) is 0 Å². The smallest absolute Gasteiger partial charge is 0.264 e. The zero-order valence-electron chi connectivity index (χ0n) is 24.2. The van der Waals surface area contributed by atoms with Crippen LogP contribution in [0.4, 0.5) is 5.69 Å². The number of benzene rings is 4. The van der Waals surface area contributed by atoms with E-state index >= 15 is 0 Å². The van der Waals surface area contributed by atoms with Crippen LogP contribution in [0.25, 0.3) is 0 Å². The lowest BCUT2D eigenvalue weighted by Crippen LogP contribution is -2.53. The number of aryl methyl sites for hydroxylation is 2. The minimum Gasteiger partial charge on any atom is -0.355 e. The molecule has 1 atom stereocenters. The lowest BCUT2D eigenvalue weighted by molar-refractivity contribution is -0.140. The van der Waals surface area contributed by atoms with Crippen LogP contribution >= 0.6 is 0 Å². The molecule has 1 unspecified atom stereocenters. The maximum absolute atomic E-state index is 14.3. The molecular weight excluding hydrogens is 546 g/mol. The predicted molar refractivity (Wildman–Crippen MR) is 166 cm³/mol. The van der Waals surface area contributed by atoms with Gasteiger partial charge in [-0.15, -0.1) is 0 Å². The SMILES string of the molecule is CCNC(=O)C(Cc1ccccc1)N(Cc1ccccc1)C(=O)CN(c1ccc(C)c(C)c1)S(=O)(=O)c1ccccc1. The third-order valence-corrected chi connectivity index (χ3v) is 8.99. The zero-order chi connectivity index (χ0) is 30.1. The highest BCUT2D eigenvalue weighted by Gasteiger charge is 2.34. The Morgan fingerprint density at radius 3 is 1.90 bits per heavy atom. The molecule has 0 radical (unpaired) electrons. The quantitative estimate of drug-likeness (QED) is 0.246. The molecule has 1 N–H and O–H groups in total. The second kappa shape index (κ2) is 14.0. The highest BCUT2D eigenvalue weighted by molar-refractivity contribution is 7.92. The average Bonchev–Trinajstić information content (AvgIpc) is 3.00. The van der Waals surface area contributed by atoms with Gasteiger partial charge in [0.25, 0.3) is 10.0 Å². The molecule has 7 nitrogen and oxygen atoms in total. The predicted octanol–water partition coefficient (Wildman–Crippen LogP) is 5.27. The van der Waals surface area contributed by atoms with E-state index in [0.717, 1.165) is 26.6 Å². The Balaban J connectivity index is 1.79. The number of sulfonamides is 1. The molecule has 0 bridgehead atoms. The first-order chi connectivity index (χ1) is 20.2. The van der Waals surface area contributed by atoms with Crippen LogP contribution in [0, 0.1) is 13.8 Å². The number of likely N-dealkylation sites (N-methyl/N-ethyl adjacent to an activating group) is 1. The maximum atomic E-state index is 14.3. The summed E-state index contributed by atoms with van der Waals surface area (Å²) in [7, 11) is -4.11. The van der Waals surface area contributed by atoms with Crippen molar-refractivity contribution in [2.45, 2.75) is 44.7 Å². The van der Waals surface area contributed by atoms with Crippen LogP contribution in [0.5, 0.6) is 0 Å². The summed E-state index contributed by atoms with van der Waals surface area (Å²) in [6.45, 7) is 5.74. The van der Waals surface area contributed by atoms with E-state index in [-0.39, 0.29) is 23.8 Å². The molecule has 8 heteroatoms. The molecule has 0 aliphatic carbocycles. The van der Waals surface area contributed by atoms with Gasteiger partial charge in [-0.25, -0.2) is 8.42 Å². The molecule has 4 aromatic rings. The van der Waals surface area contributed by atoms with E-state index in [1.165, 1.54) is 17.0 Å². The summed E-state index contributed by atoms with van der Waals surface area (Å²) in [6, 6.07) is 31.5. The molecule has 0 aliphatic rings. The molecule has 42 heavy (non-hydrogen) atoms. The standard InChI is InChI=1S/C34H37N3O4S/c1-4-35-34(39)32(23-28-14-8-5-9-15-28)36(24-29-16-10-6-11-17-29)33(38)25-37(30-21-20-26(2)27(3)22-30)42(40,41)31-18-12-7-13-19-31/h5-22,32H,4,23-25H2,1-3H3,(H,35,39). The molecule has 0 fully saturated rings. The van der Waals surface area contributed by atoms with Gasteiger partial charge in [0, 0.05) is 19.5 Å². The number of anilines is 1. The van der Waals surface area contributed by atoms with E-state index in [2.05, 4.69) is 5.32 Å². The Morgan fingerprint density at radius 1 is 0.762 bits per heavy atom. The molecule has 4 rings (SSSR count). The Hall–Kier alpha value is -4.43. The Labute approximate surface area is 248 Å². The molecule has 0 aliphatic heterocycles. The fourth-order valence-electron chi connectivity index (χ4n) is 4.76. The van der Waals surface area contributed by atoms with Crippen molar-refractivity contribution in [3.63, 3.8) is 0 Å². The normalized spacial score (nSPS) is 11.9. The van der Waals surface area contributed by atoms with Gasteiger partial charge in [-0.2, -0.15) is 0 Å². The van der Waals surface area contributed by atoms with Gasteiger partial charge in [-0.1, -0.05) is 84.9 Å². The first-order valence-corrected chi connectivity index (χ1v) is 15.4. The van der Waals surface area contributed by atoms with Gasteiger partial charge in [0.1, 0.15) is 12.6 Å². The summed E-state index contributed by atoms with van der Waals surface area (Å²) in [6.07, 6.45) is 0.278. The van der Waals surface area contributed by atoms with Crippen LogP contribution in [-0.4, -0.2) is 44.3 Å². The molecule has 0 heterocycles. The molecular formula is C34H37N3O4S. The lowest BCUT2D eigenvalue weighted by Gasteiger charge is -2.34. The molecule has 0 aromatic heterocycles. The monoisotopic (exact) mass is 583 g/mol. The van der Waals surface area contributed by atoms with Gasteiger partial charge in [-0.3, -0.25) is 13.9 Å². The number of rotatable bonds is 12. The lowest BCUT2D eigenvalue weighted by atomic mass is 10.0. The fourth-order valence-corrected chi connectivity index (χ4v) is 6.18. The van der Waals surface area contributed by atoms with Crippen LogP contribution in [0.2, 0.25) is 0 Å². The minimum absolute atomic E-state index is 0.0789. The van der Waals surface area contributed by atoms with Crippen molar-refractivity contribution >= 4 is 27.5 Å². The van der Waals surface area contributed by atoms with E-state index in [4.69, 9.17) is 0 Å². The van der Waals surface area contributed by atoms with Gasteiger partial charge in [0.15, 0.2) is 0 Å². The summed E-state index contributed by atoms with van der Waals surface area (Å²) < 4.78 is 29.2. The van der Waals surface area contributed by atoms with Crippen LogP contribution < -0.4 is 9.62 Å². The van der Waals surface area contributed by atoms with Gasteiger partial charge in [-0.05, 0) is 67.3 Å². The zero-order valence-corrected chi connectivity index (χ0v) is 25.1. The summed E-state index contributed by atoms with van der Waals surface area (Å²) in [5, 5.41) is 2.88. The number of nitrogens with zero attached hydrogens (tertiary/aromatic N) is 2. The van der Waals surface area contributed by atoms with Gasteiger partial charge in [0.2, 0.25) is 11.8 Å². The van der Waals surface area contributed by atoms with Crippen molar-refractivity contribution in [1.29, 1.82) is 0 Å². The number of hydrogen-bond acceptors (Lipinski definition) is 4. The molecule has 4 aromatic carbocycles. The van der Waals surface area contributed by atoms with E-state index < -0.39 is 28.5 Å². The molecule has 0 saturated carbocycles. The molecule has 218 valence electrons. The third kappa shape index (κ3) is 7.44. The number of nitrogens with one attached hydrogen (secondary N) is 1. The average molecular weight is 584 g/mol. The van der Waals surface area contributed by atoms with Crippen molar-refractivity contribution in [2.24, 2.45) is 0 Å². The van der Waals surface area contributed by atoms with Crippen molar-refractivity contribution in [2.75, 3.05) is 17.4 Å². The first kappa shape index (κ1) is 30.5. The van der Waals surface area contributed by atoms with Gasteiger partial charge in [0.05, 0.1) is 10.6 Å². The second-order valence-corrected chi connectivity index (χ2v) is 12.1. The number of carbonyl (C=O) groups is 2. The number of amides is 2. The summed E-state index contributed by atoms with van der Waals surface area (Å²) in [5.41, 5.74) is 4.01. The minimum atomic E-state index is -4.11. The Morgan fingerprint density at radius 2 is 1.33 bits per heavy atom. The van der Waals surface area contributed by atoms with Crippen molar-refractivity contribution < 1.29 is 18.0 Å². The maximum Gasteiger partial charge on any atom is 0.264 e. The highest BCUT2D eigenvalue weighted by atomic mass is 32.2. The third-order valence-electron chi connectivity index (χ3n) is 7.21. The van der Waals surface area contributed by atoms with E-state index in [0.29, 0.717) is 12.2 Å². The molecule has 0 saturated heterocycles. The summed E-state index contributed by atoms with van der Waals surface area (Å²) >= 11 is 0. The van der Waals surface area contributed by atoms with Gasteiger partial charge >= 0.3 is 0 Å². The van der Waals surface area contributed by atoms with Crippen molar-refractivity contribution in [1.82, 2.24) is 10.2 Å². The fraction of sp³-hybridized carbons (Fsp3) is 0.235. The largest absolute Gasteiger partial charge is 0.355 e. The summed E-state index contributed by atoms with van der Waals surface area (Å²) in [4.78, 5) is 29.4. The van der Waals surface area contributed by atoms with Crippen LogP contribution in [-0.2, 0) is 32.6 Å². The number of carbonyl (C=O) groups excluding carboxylic acids is 2. The Bertz CT molecular complexity index is 1590. The Kier molecular flexibility index (Phi) is 10.1. The molecule has 2 amide bonds. The van der Waals surface area contributed by atoms with Gasteiger partial charge < -0.3 is 10.2 Å². The van der Waals surface area contributed by atoms with Crippen molar-refractivity contribution in [3.8, 4) is 0 Å².